The highest BCUT2D eigenvalue weighted by atomic mass is 35.5. The van der Waals surface area contributed by atoms with Crippen molar-refractivity contribution in [2.45, 2.75) is 19.4 Å². The van der Waals surface area contributed by atoms with E-state index in [0.29, 0.717) is 13.0 Å². The zero-order valence-corrected chi connectivity index (χ0v) is 13.4. The summed E-state index contributed by atoms with van der Waals surface area (Å²) in [5, 5.41) is 10.7. The summed E-state index contributed by atoms with van der Waals surface area (Å²) in [7, 11) is -3.11. The van der Waals surface area contributed by atoms with Crippen LogP contribution in [-0.2, 0) is 9.84 Å². The van der Waals surface area contributed by atoms with Crippen LogP contribution in [0.5, 0.6) is 0 Å². The molecule has 1 aromatic rings. The van der Waals surface area contributed by atoms with Crippen molar-refractivity contribution in [3.8, 4) is 0 Å². The Bertz CT molecular complexity index is 719. The molecule has 0 unspecified atom stereocenters. The summed E-state index contributed by atoms with van der Waals surface area (Å²) in [6.45, 7) is 2.09. The van der Waals surface area contributed by atoms with Gasteiger partial charge in [0.15, 0.2) is 9.84 Å². The largest absolute Gasteiger partial charge is 0.335 e. The Morgan fingerprint density at radius 2 is 2.18 bits per heavy atom. The molecule has 0 bridgehead atoms. The number of sulfone groups is 1. The van der Waals surface area contributed by atoms with Gasteiger partial charge in [-0.3, -0.25) is 14.9 Å². The second-order valence-corrected chi connectivity index (χ2v) is 7.71. The molecule has 1 fully saturated rings. The highest BCUT2D eigenvalue weighted by Crippen LogP contribution is 2.26. The number of hydrogen-bond acceptors (Lipinski definition) is 5. The number of carbonyl (C=O) groups is 1. The molecule has 1 heterocycles. The number of nitrogens with zero attached hydrogens (tertiary/aromatic N) is 2. The molecule has 0 N–H and O–H groups in total. The van der Waals surface area contributed by atoms with Crippen molar-refractivity contribution < 1.29 is 18.1 Å². The fourth-order valence-electron chi connectivity index (χ4n) is 2.53. The van der Waals surface area contributed by atoms with E-state index >= 15 is 0 Å². The van der Waals surface area contributed by atoms with Gasteiger partial charge in [-0.25, -0.2) is 8.42 Å². The molecule has 120 valence electrons. The summed E-state index contributed by atoms with van der Waals surface area (Å²) in [4.78, 5) is 24.1. The molecule has 7 nitrogen and oxygen atoms in total. The van der Waals surface area contributed by atoms with Gasteiger partial charge < -0.3 is 4.90 Å². The van der Waals surface area contributed by atoms with E-state index in [1.165, 1.54) is 17.0 Å². The molecule has 0 spiro atoms. The molecule has 1 aromatic carbocycles. The van der Waals surface area contributed by atoms with E-state index in [2.05, 4.69) is 0 Å². The van der Waals surface area contributed by atoms with Gasteiger partial charge in [0.2, 0.25) is 0 Å². The minimum absolute atomic E-state index is 0.0153. The average Bonchev–Trinajstić information content (AvgIpc) is 2.79. The summed E-state index contributed by atoms with van der Waals surface area (Å²) in [5.41, 5.74) is -0.0635. The highest BCUT2D eigenvalue weighted by Gasteiger charge is 2.34. The van der Waals surface area contributed by atoms with Crippen LogP contribution in [0.4, 0.5) is 5.69 Å². The van der Waals surface area contributed by atoms with Gasteiger partial charge in [-0.1, -0.05) is 11.6 Å². The number of non-ortho nitro benzene ring substituents is 1. The number of halogens is 1. The van der Waals surface area contributed by atoms with E-state index in [1.807, 2.05) is 0 Å². The Morgan fingerprint density at radius 3 is 2.64 bits per heavy atom. The van der Waals surface area contributed by atoms with Gasteiger partial charge in [0.1, 0.15) is 0 Å². The fraction of sp³-hybridized carbons (Fsp3) is 0.462. The van der Waals surface area contributed by atoms with Crippen LogP contribution in [-0.4, -0.2) is 48.2 Å². The summed E-state index contributed by atoms with van der Waals surface area (Å²) in [6, 6.07) is 3.25. The lowest BCUT2D eigenvalue weighted by Crippen LogP contribution is -2.41. The second kappa shape index (κ2) is 6.21. The van der Waals surface area contributed by atoms with Gasteiger partial charge in [0.25, 0.3) is 11.6 Å². The molecule has 1 atom stereocenters. The summed E-state index contributed by atoms with van der Waals surface area (Å²) in [5.74, 6) is -0.406. The van der Waals surface area contributed by atoms with Crippen LogP contribution in [0, 0.1) is 10.1 Å². The van der Waals surface area contributed by atoms with Crippen LogP contribution in [0.2, 0.25) is 5.02 Å². The number of benzene rings is 1. The minimum atomic E-state index is -3.11. The topological polar surface area (TPSA) is 97.6 Å². The first kappa shape index (κ1) is 16.7. The predicted octanol–water partition coefficient (Wildman–Crippen LogP) is 1.90. The summed E-state index contributed by atoms with van der Waals surface area (Å²) >= 11 is 5.96. The molecule has 9 heteroatoms. The lowest BCUT2D eigenvalue weighted by molar-refractivity contribution is -0.384. The van der Waals surface area contributed by atoms with E-state index in [-0.39, 0.29) is 33.8 Å². The van der Waals surface area contributed by atoms with Crippen LogP contribution in [0.1, 0.15) is 23.7 Å². The zero-order chi connectivity index (χ0) is 16.5. The third-order valence-corrected chi connectivity index (χ3v) is 5.71. The zero-order valence-electron chi connectivity index (χ0n) is 11.9. The third kappa shape index (κ3) is 3.38. The lowest BCUT2D eigenvalue weighted by Gasteiger charge is -2.27. The van der Waals surface area contributed by atoms with Crippen molar-refractivity contribution in [1.82, 2.24) is 4.90 Å². The normalized spacial score (nSPS) is 19.8. The van der Waals surface area contributed by atoms with Crippen LogP contribution in [0.15, 0.2) is 18.2 Å². The molecule has 22 heavy (non-hydrogen) atoms. The fourth-order valence-corrected chi connectivity index (χ4v) is 4.52. The first-order valence-corrected chi connectivity index (χ1v) is 8.90. The molecular weight excluding hydrogens is 332 g/mol. The van der Waals surface area contributed by atoms with E-state index in [0.717, 1.165) is 6.07 Å². The van der Waals surface area contributed by atoms with Gasteiger partial charge in [0.05, 0.1) is 27.0 Å². The van der Waals surface area contributed by atoms with E-state index in [1.54, 1.807) is 6.92 Å². The Balaban J connectivity index is 2.28. The molecule has 0 saturated carbocycles. The molecule has 1 amide bonds. The average molecular weight is 347 g/mol. The van der Waals surface area contributed by atoms with E-state index < -0.39 is 20.7 Å². The van der Waals surface area contributed by atoms with Crippen LogP contribution >= 0.6 is 11.6 Å². The number of hydrogen-bond donors (Lipinski definition) is 0. The standard InChI is InChI=1S/C13H15ClN2O5S/c1-2-15(10-5-6-22(20,21)8-10)13(17)11-4-3-9(16(18)19)7-12(11)14/h3-4,7,10H,2,5-6,8H2,1H3/t10-/m0/s1. The van der Waals surface area contributed by atoms with Crippen LogP contribution in [0.25, 0.3) is 0 Å². The SMILES string of the molecule is CCN(C(=O)c1ccc([N+](=O)[O-])cc1Cl)[C@H]1CCS(=O)(=O)C1. The first-order chi connectivity index (χ1) is 10.2. The number of nitro benzene ring substituents is 1. The van der Waals surface area contributed by atoms with Crippen LogP contribution < -0.4 is 0 Å². The maximum absolute atomic E-state index is 12.6. The maximum Gasteiger partial charge on any atom is 0.270 e. The minimum Gasteiger partial charge on any atom is -0.335 e. The molecular formula is C13H15ClN2O5S. The number of carbonyl (C=O) groups excluding carboxylic acids is 1. The summed E-state index contributed by atoms with van der Waals surface area (Å²) in [6.07, 6.45) is 0.395. The molecule has 0 radical (unpaired) electrons. The van der Waals surface area contributed by atoms with E-state index in [9.17, 15) is 23.3 Å². The van der Waals surface area contributed by atoms with Crippen molar-refractivity contribution in [2.75, 3.05) is 18.1 Å². The van der Waals surface area contributed by atoms with Crippen molar-refractivity contribution in [3.63, 3.8) is 0 Å². The molecule has 1 aliphatic rings. The number of rotatable bonds is 4. The van der Waals surface area contributed by atoms with E-state index in [4.69, 9.17) is 11.6 Å². The maximum atomic E-state index is 12.6. The Hall–Kier alpha value is -1.67. The van der Waals surface area contributed by atoms with Gasteiger partial charge in [-0.15, -0.1) is 0 Å². The second-order valence-electron chi connectivity index (χ2n) is 5.07. The Kier molecular flexibility index (Phi) is 4.72. The van der Waals surface area contributed by atoms with Crippen molar-refractivity contribution >= 4 is 33.0 Å². The molecule has 0 aliphatic carbocycles. The molecule has 0 aromatic heterocycles. The molecule has 1 saturated heterocycles. The molecule has 2 rings (SSSR count). The summed E-state index contributed by atoms with van der Waals surface area (Å²) < 4.78 is 23.1. The first-order valence-electron chi connectivity index (χ1n) is 6.70. The quantitative estimate of drug-likeness (QED) is 0.612. The van der Waals surface area contributed by atoms with Gasteiger partial charge in [0, 0.05) is 24.7 Å². The predicted molar refractivity (Wildman–Crippen MR) is 81.9 cm³/mol. The lowest BCUT2D eigenvalue weighted by atomic mass is 10.1. The van der Waals surface area contributed by atoms with Crippen LogP contribution in [0.3, 0.4) is 0 Å². The van der Waals surface area contributed by atoms with Crippen molar-refractivity contribution in [2.24, 2.45) is 0 Å². The van der Waals surface area contributed by atoms with Gasteiger partial charge in [-0.2, -0.15) is 0 Å². The highest BCUT2D eigenvalue weighted by molar-refractivity contribution is 7.91. The van der Waals surface area contributed by atoms with Gasteiger partial charge >= 0.3 is 0 Å². The number of nitro groups is 1. The third-order valence-electron chi connectivity index (χ3n) is 3.64. The smallest absolute Gasteiger partial charge is 0.270 e. The Morgan fingerprint density at radius 1 is 1.50 bits per heavy atom. The number of amides is 1. The monoisotopic (exact) mass is 346 g/mol. The van der Waals surface area contributed by atoms with Crippen molar-refractivity contribution in [3.05, 3.63) is 38.9 Å². The van der Waals surface area contributed by atoms with Crippen molar-refractivity contribution in [1.29, 1.82) is 0 Å². The Labute approximate surface area is 132 Å². The van der Waals surface area contributed by atoms with Gasteiger partial charge in [-0.05, 0) is 19.4 Å². The molecule has 1 aliphatic heterocycles.